The molecule has 1 heterocycles. The molecule has 0 saturated carbocycles. The zero-order valence-electron chi connectivity index (χ0n) is 25.0. The topological polar surface area (TPSA) is 114 Å². The Bertz CT molecular complexity index is 1620. The molecule has 45 heavy (non-hydrogen) atoms. The molecule has 1 unspecified atom stereocenters. The van der Waals surface area contributed by atoms with Crippen molar-refractivity contribution in [2.75, 3.05) is 16.4 Å². The fourth-order valence-corrected chi connectivity index (χ4v) is 6.01. The van der Waals surface area contributed by atoms with E-state index in [-0.39, 0.29) is 21.6 Å². The van der Waals surface area contributed by atoms with E-state index >= 15 is 0 Å². The Morgan fingerprint density at radius 2 is 1.51 bits per heavy atom. The van der Waals surface area contributed by atoms with Crippen molar-refractivity contribution in [2.45, 2.75) is 70.8 Å². The molecule has 0 aliphatic carbocycles. The van der Waals surface area contributed by atoms with Crippen LogP contribution in [-0.2, 0) is 4.79 Å². The number of amides is 1. The van der Waals surface area contributed by atoms with Crippen LogP contribution >= 0.6 is 46.4 Å². The molecule has 0 aliphatic rings. The number of ether oxygens (including phenoxy) is 1. The molecule has 4 aromatic rings. The Kier molecular flexibility index (Phi) is 12.9. The second-order valence-electron chi connectivity index (χ2n) is 10.8. The maximum Gasteiger partial charge on any atom is 0.273 e. The predicted molar refractivity (Wildman–Crippen MR) is 187 cm³/mol. The first-order chi connectivity index (χ1) is 21.6. The molecule has 3 aromatic carbocycles. The Balaban J connectivity index is 1.45. The maximum absolute atomic E-state index is 13.5. The quantitative estimate of drug-likeness (QED) is 0.0689. The highest BCUT2D eigenvalue weighted by Gasteiger charge is 2.21. The minimum atomic E-state index is -0.708. The number of H-pyrrole nitrogens is 1. The van der Waals surface area contributed by atoms with Crippen molar-refractivity contribution in [1.29, 1.82) is 0 Å². The van der Waals surface area contributed by atoms with E-state index in [1.165, 1.54) is 55.0 Å². The van der Waals surface area contributed by atoms with Crippen LogP contribution in [0.15, 0.2) is 65.5 Å². The monoisotopic (exact) mass is 691 g/mol. The molecular weight excluding hydrogens is 656 g/mol. The van der Waals surface area contributed by atoms with Crippen LogP contribution in [0.25, 0.3) is 5.69 Å². The second kappa shape index (κ2) is 16.9. The highest BCUT2D eigenvalue weighted by Crippen LogP contribution is 2.32. The van der Waals surface area contributed by atoms with E-state index in [1.807, 2.05) is 0 Å². The lowest BCUT2D eigenvalue weighted by molar-refractivity contribution is -0.123. The number of rotatable bonds is 16. The molecule has 1 atom stereocenters. The van der Waals surface area contributed by atoms with E-state index < -0.39 is 11.7 Å². The van der Waals surface area contributed by atoms with Gasteiger partial charge in [-0.1, -0.05) is 98.3 Å². The fourth-order valence-electron chi connectivity index (χ4n) is 4.86. The first-order valence-electron chi connectivity index (χ1n) is 15.0. The molecule has 0 fully saturated rings. The van der Waals surface area contributed by atoms with Gasteiger partial charge in [0, 0.05) is 22.5 Å². The number of aromatic amines is 1. The average molecular weight is 694 g/mol. The van der Waals surface area contributed by atoms with Gasteiger partial charge in [-0.05, 0) is 67.4 Å². The smallest absolute Gasteiger partial charge is 0.273 e. The van der Waals surface area contributed by atoms with Crippen LogP contribution < -0.4 is 26.7 Å². The number of carbonyl (C=O) groups is 1. The molecule has 1 aromatic heterocycles. The largest absolute Gasteiger partial charge is 0.481 e. The summed E-state index contributed by atoms with van der Waals surface area (Å²) < 4.78 is 7.32. The van der Waals surface area contributed by atoms with Gasteiger partial charge >= 0.3 is 0 Å². The SMILES string of the molecule is CCCCCCCCCCC(Oc1ccc(N)cc1)C(=O)Nc1ccc(Cl)c(Nc2cc(=O)n(-c3c(Cl)cc(Cl)cc3Cl)[nH]2)c1. The first-order valence-corrected chi connectivity index (χ1v) is 16.5. The molecule has 8 nitrogen and oxygen atoms in total. The maximum atomic E-state index is 13.5. The molecule has 240 valence electrons. The Labute approximate surface area is 283 Å². The van der Waals surface area contributed by atoms with Crippen molar-refractivity contribution < 1.29 is 9.53 Å². The summed E-state index contributed by atoms with van der Waals surface area (Å²) in [6.45, 7) is 2.21. The van der Waals surface area contributed by atoms with Crippen LogP contribution in [0, 0.1) is 0 Å². The number of hydrogen-bond donors (Lipinski definition) is 4. The summed E-state index contributed by atoms with van der Waals surface area (Å²) in [7, 11) is 0. The summed E-state index contributed by atoms with van der Waals surface area (Å²) in [5, 5.41) is 10.1. The highest BCUT2D eigenvalue weighted by molar-refractivity contribution is 6.40. The van der Waals surface area contributed by atoms with Gasteiger partial charge in [-0.3, -0.25) is 14.7 Å². The summed E-state index contributed by atoms with van der Waals surface area (Å²) >= 11 is 25.1. The number of unbranched alkanes of at least 4 members (excludes halogenated alkanes) is 7. The summed E-state index contributed by atoms with van der Waals surface area (Å²) in [6, 6.07) is 16.3. The van der Waals surface area contributed by atoms with Crippen molar-refractivity contribution in [3.8, 4) is 11.4 Å². The zero-order valence-corrected chi connectivity index (χ0v) is 28.0. The van der Waals surface area contributed by atoms with Crippen LogP contribution in [0.4, 0.5) is 22.9 Å². The van der Waals surface area contributed by atoms with E-state index in [0.29, 0.717) is 45.1 Å². The Morgan fingerprint density at radius 1 is 0.867 bits per heavy atom. The van der Waals surface area contributed by atoms with Crippen LogP contribution in [0.5, 0.6) is 5.75 Å². The summed E-state index contributed by atoms with van der Waals surface area (Å²) in [6.07, 6.45) is 9.09. The van der Waals surface area contributed by atoms with Gasteiger partial charge < -0.3 is 21.1 Å². The molecule has 5 N–H and O–H groups in total. The number of anilines is 4. The van der Waals surface area contributed by atoms with Gasteiger partial charge in [-0.15, -0.1) is 0 Å². The molecule has 0 spiro atoms. The standard InChI is InChI=1S/C33H37Cl4N5O3/c1-2-3-4-5-6-7-8-9-10-29(45-24-14-11-22(38)12-15-24)33(44)39-23-13-16-25(35)28(19-23)40-30-20-31(43)42(41-30)32-26(36)17-21(34)18-27(32)37/h11-20,29,40-41H,2-10,38H2,1H3,(H,39,44). The third-order valence-corrected chi connectivity index (χ3v) is 8.32. The van der Waals surface area contributed by atoms with Gasteiger partial charge in [0.15, 0.2) is 6.10 Å². The van der Waals surface area contributed by atoms with Crippen molar-refractivity contribution in [1.82, 2.24) is 9.78 Å². The van der Waals surface area contributed by atoms with Crippen LogP contribution in [0.2, 0.25) is 20.1 Å². The number of nitrogens with zero attached hydrogens (tertiary/aromatic N) is 1. The minimum Gasteiger partial charge on any atom is -0.481 e. The lowest BCUT2D eigenvalue weighted by Gasteiger charge is -2.19. The van der Waals surface area contributed by atoms with E-state index in [2.05, 4.69) is 22.7 Å². The number of benzene rings is 3. The zero-order chi connectivity index (χ0) is 32.3. The number of hydrogen-bond acceptors (Lipinski definition) is 5. The molecule has 0 radical (unpaired) electrons. The summed E-state index contributed by atoms with van der Waals surface area (Å²) in [5.74, 6) is 0.609. The third-order valence-electron chi connectivity index (χ3n) is 7.20. The number of aromatic nitrogens is 2. The number of halogens is 4. The summed E-state index contributed by atoms with van der Waals surface area (Å²) in [5.41, 5.74) is 7.25. The Hall–Kier alpha value is -3.30. The average Bonchev–Trinajstić information content (AvgIpc) is 3.35. The van der Waals surface area contributed by atoms with Gasteiger partial charge in [0.2, 0.25) is 0 Å². The normalized spacial score (nSPS) is 11.8. The third kappa shape index (κ3) is 10.1. The van der Waals surface area contributed by atoms with Gasteiger partial charge in [-0.2, -0.15) is 0 Å². The van der Waals surface area contributed by atoms with E-state index in [0.717, 1.165) is 19.3 Å². The van der Waals surface area contributed by atoms with E-state index in [9.17, 15) is 9.59 Å². The summed E-state index contributed by atoms with van der Waals surface area (Å²) in [4.78, 5) is 26.2. The molecule has 12 heteroatoms. The second-order valence-corrected chi connectivity index (χ2v) is 12.5. The van der Waals surface area contributed by atoms with E-state index in [4.69, 9.17) is 56.9 Å². The van der Waals surface area contributed by atoms with Crippen LogP contribution in [-0.4, -0.2) is 21.8 Å². The number of carbonyl (C=O) groups excluding carboxylic acids is 1. The van der Waals surface area contributed by atoms with E-state index in [1.54, 1.807) is 42.5 Å². The molecule has 0 bridgehead atoms. The highest BCUT2D eigenvalue weighted by atomic mass is 35.5. The first kappa shape index (κ1) is 34.6. The number of nitrogens with one attached hydrogen (secondary N) is 3. The van der Waals surface area contributed by atoms with Crippen molar-refractivity contribution in [3.05, 3.63) is 91.1 Å². The van der Waals surface area contributed by atoms with Crippen molar-refractivity contribution in [3.63, 3.8) is 0 Å². The van der Waals surface area contributed by atoms with Crippen molar-refractivity contribution in [2.24, 2.45) is 0 Å². The minimum absolute atomic E-state index is 0.202. The molecule has 1 amide bonds. The molecule has 0 saturated heterocycles. The number of nitrogen functional groups attached to an aromatic ring is 1. The predicted octanol–water partition coefficient (Wildman–Crippen LogP) is 10.0. The lowest BCUT2D eigenvalue weighted by atomic mass is 10.1. The molecular formula is C33H37Cl4N5O3. The Morgan fingerprint density at radius 3 is 2.18 bits per heavy atom. The molecule has 4 rings (SSSR count). The number of nitrogens with two attached hydrogens (primary N) is 1. The van der Waals surface area contributed by atoms with Crippen LogP contribution in [0.1, 0.15) is 64.7 Å². The van der Waals surface area contributed by atoms with Crippen LogP contribution in [0.3, 0.4) is 0 Å². The van der Waals surface area contributed by atoms with Gasteiger partial charge in [0.05, 0.1) is 20.8 Å². The molecule has 0 aliphatic heterocycles. The van der Waals surface area contributed by atoms with Crippen molar-refractivity contribution >= 4 is 75.2 Å². The van der Waals surface area contributed by atoms with Gasteiger partial charge in [-0.25, -0.2) is 4.68 Å². The fraction of sp³-hybridized carbons (Fsp3) is 0.333. The van der Waals surface area contributed by atoms with Gasteiger partial charge in [0.1, 0.15) is 17.3 Å². The van der Waals surface area contributed by atoms with Gasteiger partial charge in [0.25, 0.3) is 11.5 Å². The lowest BCUT2D eigenvalue weighted by Crippen LogP contribution is -2.33.